The van der Waals surface area contributed by atoms with Crippen molar-refractivity contribution in [3.05, 3.63) is 48.6 Å². The summed E-state index contributed by atoms with van der Waals surface area (Å²) in [6.07, 6.45) is 14.2. The minimum Gasteiger partial charge on any atom is -0.209 e. The zero-order chi connectivity index (χ0) is 15.9. The number of hydrogen-bond donors (Lipinski definition) is 0. The predicted molar refractivity (Wildman–Crippen MR) is 96.0 cm³/mol. The minimum absolute atomic E-state index is 0. The van der Waals surface area contributed by atoms with Gasteiger partial charge in [0, 0.05) is 17.1 Å². The SMILES string of the molecule is C1=CC2=NC3=NC(=NC4=NC(=NC5=NC(=NC1=N2)C=C5)C=C4)C=C3.[Cu]. The molecule has 5 heterocycles. The van der Waals surface area contributed by atoms with Crippen LogP contribution in [0.1, 0.15) is 0 Å². The zero-order valence-electron chi connectivity index (χ0n) is 12.5. The van der Waals surface area contributed by atoms with Gasteiger partial charge in [0.2, 0.25) is 0 Å². The third-order valence-electron chi connectivity index (χ3n) is 3.36. The van der Waals surface area contributed by atoms with Crippen LogP contribution in [0.25, 0.3) is 0 Å². The van der Waals surface area contributed by atoms with Crippen LogP contribution in [0.2, 0.25) is 0 Å². The molecule has 0 fully saturated rings. The van der Waals surface area contributed by atoms with E-state index < -0.39 is 0 Å². The van der Waals surface area contributed by atoms with E-state index in [1.165, 1.54) is 0 Å². The zero-order valence-corrected chi connectivity index (χ0v) is 13.4. The van der Waals surface area contributed by atoms with E-state index in [1.54, 1.807) is 48.6 Å². The molecule has 25 heavy (non-hydrogen) atoms. The van der Waals surface area contributed by atoms with Gasteiger partial charge in [-0.05, 0) is 48.6 Å². The van der Waals surface area contributed by atoms with Crippen LogP contribution in [0, 0.1) is 0 Å². The Morgan fingerprint density at radius 1 is 0.280 bits per heavy atom. The Morgan fingerprint density at radius 3 is 0.520 bits per heavy atom. The second-order valence-corrected chi connectivity index (χ2v) is 5.09. The van der Waals surface area contributed by atoms with Crippen LogP contribution in [0.4, 0.5) is 0 Å². The van der Waals surface area contributed by atoms with E-state index in [1.807, 2.05) is 0 Å². The predicted octanol–water partition coefficient (Wildman–Crippen LogP) is 1.46. The van der Waals surface area contributed by atoms with Gasteiger partial charge in [-0.25, -0.2) is 39.9 Å². The third kappa shape index (κ3) is 3.10. The quantitative estimate of drug-likeness (QED) is 0.573. The molecular formula is C16H8CuN8. The summed E-state index contributed by atoms with van der Waals surface area (Å²) in [6, 6.07) is 0. The number of hydrogen-bond acceptors (Lipinski definition) is 8. The molecule has 8 bridgehead atoms. The van der Waals surface area contributed by atoms with Crippen LogP contribution in [0.3, 0.4) is 0 Å². The molecule has 123 valence electrons. The van der Waals surface area contributed by atoms with Gasteiger partial charge in [0.05, 0.1) is 0 Å². The van der Waals surface area contributed by atoms with Gasteiger partial charge >= 0.3 is 0 Å². The van der Waals surface area contributed by atoms with Gasteiger partial charge in [-0.3, -0.25) is 0 Å². The van der Waals surface area contributed by atoms with Gasteiger partial charge in [0.25, 0.3) is 0 Å². The number of rotatable bonds is 0. The first-order chi connectivity index (χ1) is 11.8. The van der Waals surface area contributed by atoms with E-state index in [9.17, 15) is 0 Å². The summed E-state index contributed by atoms with van der Waals surface area (Å²) in [5, 5.41) is 0. The maximum absolute atomic E-state index is 4.37. The van der Waals surface area contributed by atoms with Crippen molar-refractivity contribution < 1.29 is 17.1 Å². The molecule has 5 aliphatic rings. The number of aliphatic imine (C=N–C) groups is 8. The first-order valence-electron chi connectivity index (χ1n) is 7.22. The standard InChI is InChI=1S/C16H8N8.Cu/c1-2-10-17-9(1)21-11-3-4-13(18-11)23-15-7-8-16(20-15)24-14-6-5-12(19-14)22-10;/h1-8H;. The van der Waals surface area contributed by atoms with Crippen molar-refractivity contribution in [3.63, 3.8) is 0 Å². The molecule has 5 aliphatic heterocycles. The van der Waals surface area contributed by atoms with Gasteiger partial charge in [0.1, 0.15) is 0 Å². The first kappa shape index (κ1) is 15.4. The summed E-state index contributed by atoms with van der Waals surface area (Å²) >= 11 is 0. The fourth-order valence-corrected chi connectivity index (χ4v) is 2.33. The first-order valence-corrected chi connectivity index (χ1v) is 7.22. The van der Waals surface area contributed by atoms with Gasteiger partial charge in [-0.15, -0.1) is 0 Å². The molecule has 0 unspecified atom stereocenters. The molecule has 0 saturated carbocycles. The van der Waals surface area contributed by atoms with Crippen molar-refractivity contribution in [3.8, 4) is 0 Å². The van der Waals surface area contributed by atoms with Crippen molar-refractivity contribution in [2.24, 2.45) is 39.9 Å². The monoisotopic (exact) mass is 375 g/mol. The van der Waals surface area contributed by atoms with Gasteiger partial charge < -0.3 is 0 Å². The summed E-state index contributed by atoms with van der Waals surface area (Å²) in [7, 11) is 0. The summed E-state index contributed by atoms with van der Waals surface area (Å²) in [6.45, 7) is 0. The molecule has 0 atom stereocenters. The normalized spacial score (nSPS) is 21.8. The summed E-state index contributed by atoms with van der Waals surface area (Å²) in [5.74, 6) is 4.30. The molecule has 0 amide bonds. The molecule has 0 N–H and O–H groups in total. The number of amidine groups is 8. The van der Waals surface area contributed by atoms with Crippen molar-refractivity contribution in [2.75, 3.05) is 0 Å². The van der Waals surface area contributed by atoms with E-state index >= 15 is 0 Å². The van der Waals surface area contributed by atoms with E-state index in [0.717, 1.165) is 0 Å². The van der Waals surface area contributed by atoms with Crippen molar-refractivity contribution >= 4 is 46.7 Å². The molecule has 0 saturated heterocycles. The van der Waals surface area contributed by atoms with Crippen LogP contribution in [-0.2, 0) is 17.1 Å². The second-order valence-electron chi connectivity index (χ2n) is 5.09. The Bertz CT molecular complexity index is 854. The topological polar surface area (TPSA) is 98.9 Å². The van der Waals surface area contributed by atoms with Gasteiger partial charge in [0.15, 0.2) is 46.7 Å². The maximum atomic E-state index is 4.37. The largest absolute Gasteiger partial charge is 0.209 e. The molecule has 0 aliphatic carbocycles. The van der Waals surface area contributed by atoms with E-state index in [-0.39, 0.29) is 17.1 Å². The molecule has 0 spiro atoms. The molecule has 5 rings (SSSR count). The smallest absolute Gasteiger partial charge is 0.156 e. The fraction of sp³-hybridized carbons (Fsp3) is 0. The summed E-state index contributed by atoms with van der Waals surface area (Å²) < 4.78 is 0. The number of nitrogens with zero attached hydrogens (tertiary/aromatic N) is 8. The molecule has 0 aromatic carbocycles. The minimum atomic E-state index is 0. The molecule has 1 radical (unpaired) electrons. The van der Waals surface area contributed by atoms with Gasteiger partial charge in [-0.1, -0.05) is 0 Å². The van der Waals surface area contributed by atoms with Crippen LogP contribution in [0.15, 0.2) is 88.5 Å². The third-order valence-corrected chi connectivity index (χ3v) is 3.36. The van der Waals surface area contributed by atoms with Gasteiger partial charge in [-0.2, -0.15) is 0 Å². The number of fused-ring (bicyclic) bond motifs is 4. The van der Waals surface area contributed by atoms with Crippen molar-refractivity contribution in [2.45, 2.75) is 0 Å². The second kappa shape index (κ2) is 6.04. The fourth-order valence-electron chi connectivity index (χ4n) is 2.33. The Labute approximate surface area is 152 Å². The average molecular weight is 376 g/mol. The van der Waals surface area contributed by atoms with Crippen LogP contribution in [-0.4, -0.2) is 46.7 Å². The Hall–Kier alpha value is -3.16. The maximum Gasteiger partial charge on any atom is 0.156 e. The van der Waals surface area contributed by atoms with Crippen LogP contribution >= 0.6 is 0 Å². The molecular weight excluding hydrogens is 368 g/mol. The van der Waals surface area contributed by atoms with Crippen molar-refractivity contribution in [1.82, 2.24) is 0 Å². The average Bonchev–Trinajstić information content (AvgIpc) is 3.32. The van der Waals surface area contributed by atoms with E-state index in [0.29, 0.717) is 46.7 Å². The molecule has 9 heteroatoms. The van der Waals surface area contributed by atoms with Crippen LogP contribution in [0.5, 0.6) is 0 Å². The Kier molecular flexibility index (Phi) is 3.72. The van der Waals surface area contributed by atoms with E-state index in [4.69, 9.17) is 0 Å². The summed E-state index contributed by atoms with van der Waals surface area (Å²) in [4.78, 5) is 34.8. The molecule has 0 aromatic heterocycles. The summed E-state index contributed by atoms with van der Waals surface area (Å²) in [5.41, 5.74) is 0. The Balaban J connectivity index is 0.00000157. The van der Waals surface area contributed by atoms with Crippen molar-refractivity contribution in [1.29, 1.82) is 0 Å². The molecule has 0 aromatic rings. The molecule has 8 nitrogen and oxygen atoms in total. The van der Waals surface area contributed by atoms with E-state index in [2.05, 4.69) is 39.9 Å². The Morgan fingerprint density at radius 2 is 0.400 bits per heavy atom. The van der Waals surface area contributed by atoms with Crippen LogP contribution < -0.4 is 0 Å².